The fourth-order valence-electron chi connectivity index (χ4n) is 3.16. The quantitative estimate of drug-likeness (QED) is 0.853. The van der Waals surface area contributed by atoms with Gasteiger partial charge in [-0.1, -0.05) is 6.42 Å². The van der Waals surface area contributed by atoms with Gasteiger partial charge in [0.05, 0.1) is 14.2 Å². The third-order valence-electron chi connectivity index (χ3n) is 4.45. The first-order valence-electron chi connectivity index (χ1n) is 7.58. The maximum Gasteiger partial charge on any atom is 0.247 e. The molecule has 1 aromatic rings. The summed E-state index contributed by atoms with van der Waals surface area (Å²) in [7, 11) is -0.494. The van der Waals surface area contributed by atoms with E-state index in [1.807, 2.05) is 13.8 Å². The molecule has 0 atom stereocenters. The molecule has 1 aromatic carbocycles. The summed E-state index contributed by atoms with van der Waals surface area (Å²) < 4.78 is 38.7. The molecular weight excluding hydrogens is 302 g/mol. The van der Waals surface area contributed by atoms with Crippen molar-refractivity contribution >= 4 is 10.0 Å². The lowest BCUT2D eigenvalue weighted by Gasteiger charge is -2.28. The number of ether oxygens (including phenoxy) is 2. The zero-order chi connectivity index (χ0) is 16.5. The van der Waals surface area contributed by atoms with Crippen LogP contribution in [0.4, 0.5) is 0 Å². The van der Waals surface area contributed by atoms with Gasteiger partial charge >= 0.3 is 0 Å². The van der Waals surface area contributed by atoms with Gasteiger partial charge < -0.3 is 9.47 Å². The highest BCUT2D eigenvalue weighted by Crippen LogP contribution is 2.41. The second-order valence-corrected chi connectivity index (χ2v) is 7.61. The Morgan fingerprint density at radius 1 is 0.818 bits per heavy atom. The van der Waals surface area contributed by atoms with Gasteiger partial charge in [0.2, 0.25) is 10.0 Å². The monoisotopic (exact) mass is 327 g/mol. The van der Waals surface area contributed by atoms with Crippen LogP contribution in [0.25, 0.3) is 0 Å². The highest BCUT2D eigenvalue weighted by Gasteiger charge is 2.33. The maximum absolute atomic E-state index is 13.1. The molecule has 0 spiro atoms. The summed E-state index contributed by atoms with van der Waals surface area (Å²) in [6, 6.07) is 0. The Hall–Kier alpha value is -1.27. The van der Waals surface area contributed by atoms with Crippen LogP contribution < -0.4 is 9.47 Å². The van der Waals surface area contributed by atoms with Crippen molar-refractivity contribution in [3.8, 4) is 11.5 Å². The van der Waals surface area contributed by atoms with Crippen molar-refractivity contribution in [2.24, 2.45) is 0 Å². The molecule has 2 rings (SSSR count). The van der Waals surface area contributed by atoms with E-state index in [4.69, 9.17) is 9.47 Å². The number of rotatable bonds is 4. The second kappa shape index (κ2) is 6.46. The van der Waals surface area contributed by atoms with Crippen LogP contribution in [-0.4, -0.2) is 40.0 Å². The highest BCUT2D eigenvalue weighted by molar-refractivity contribution is 7.89. The lowest BCUT2D eigenvalue weighted by Crippen LogP contribution is -2.36. The lowest BCUT2D eigenvalue weighted by atomic mass is 10.0. The largest absolute Gasteiger partial charge is 0.496 e. The molecule has 22 heavy (non-hydrogen) atoms. The molecule has 0 aliphatic carbocycles. The molecule has 0 amide bonds. The van der Waals surface area contributed by atoms with E-state index in [-0.39, 0.29) is 4.90 Å². The zero-order valence-corrected chi connectivity index (χ0v) is 14.8. The Kier molecular flexibility index (Phi) is 5.02. The fourth-order valence-corrected chi connectivity index (χ4v) is 5.11. The zero-order valence-electron chi connectivity index (χ0n) is 14.0. The normalized spacial score (nSPS) is 16.6. The number of sulfonamides is 1. The fraction of sp³-hybridized carbons (Fsp3) is 0.625. The smallest absolute Gasteiger partial charge is 0.247 e. The number of piperidine rings is 1. The molecule has 1 saturated heterocycles. The molecule has 0 bridgehead atoms. The number of hydrogen-bond acceptors (Lipinski definition) is 4. The van der Waals surface area contributed by atoms with Gasteiger partial charge in [0.15, 0.2) is 0 Å². The highest BCUT2D eigenvalue weighted by atomic mass is 32.2. The van der Waals surface area contributed by atoms with Gasteiger partial charge in [0.25, 0.3) is 0 Å². The maximum atomic E-state index is 13.1. The topological polar surface area (TPSA) is 55.8 Å². The molecular formula is C16H25NO4S. The van der Waals surface area contributed by atoms with E-state index in [1.54, 1.807) is 18.3 Å². The van der Waals surface area contributed by atoms with Crippen molar-refractivity contribution in [2.45, 2.75) is 44.9 Å². The summed E-state index contributed by atoms with van der Waals surface area (Å²) in [6.07, 6.45) is 2.89. The molecule has 0 saturated carbocycles. The van der Waals surface area contributed by atoms with Crippen LogP contribution in [0, 0.1) is 20.8 Å². The van der Waals surface area contributed by atoms with Crippen LogP contribution >= 0.6 is 0 Å². The van der Waals surface area contributed by atoms with Gasteiger partial charge in [-0.15, -0.1) is 0 Å². The van der Waals surface area contributed by atoms with E-state index in [9.17, 15) is 8.42 Å². The van der Waals surface area contributed by atoms with Gasteiger partial charge in [-0.05, 0) is 44.7 Å². The Morgan fingerprint density at radius 3 is 1.82 bits per heavy atom. The van der Waals surface area contributed by atoms with Crippen molar-refractivity contribution < 1.29 is 17.9 Å². The average Bonchev–Trinajstić information content (AvgIpc) is 2.51. The van der Waals surface area contributed by atoms with Crippen molar-refractivity contribution in [1.29, 1.82) is 0 Å². The van der Waals surface area contributed by atoms with E-state index in [2.05, 4.69) is 0 Å². The first-order valence-corrected chi connectivity index (χ1v) is 9.02. The van der Waals surface area contributed by atoms with Crippen LogP contribution in [0.3, 0.4) is 0 Å². The van der Waals surface area contributed by atoms with E-state index in [0.29, 0.717) is 30.2 Å². The molecule has 1 heterocycles. The number of methoxy groups -OCH3 is 2. The predicted octanol–water partition coefficient (Wildman–Crippen LogP) is 2.80. The summed E-state index contributed by atoms with van der Waals surface area (Å²) in [5.74, 6) is 1.05. The van der Waals surface area contributed by atoms with Crippen molar-refractivity contribution in [2.75, 3.05) is 27.3 Å². The molecule has 6 heteroatoms. The van der Waals surface area contributed by atoms with E-state index in [1.165, 1.54) is 7.11 Å². The summed E-state index contributed by atoms with van der Waals surface area (Å²) in [5, 5.41) is 0. The van der Waals surface area contributed by atoms with Crippen LogP contribution in [0.5, 0.6) is 11.5 Å². The molecule has 124 valence electrons. The lowest BCUT2D eigenvalue weighted by molar-refractivity contribution is 0.340. The summed E-state index contributed by atoms with van der Waals surface area (Å²) >= 11 is 0. The molecule has 0 radical (unpaired) electrons. The molecule has 1 aliphatic heterocycles. The van der Waals surface area contributed by atoms with E-state index < -0.39 is 10.0 Å². The van der Waals surface area contributed by atoms with Crippen molar-refractivity contribution in [1.82, 2.24) is 4.31 Å². The van der Waals surface area contributed by atoms with Gasteiger partial charge in [-0.2, -0.15) is 4.31 Å². The molecule has 0 unspecified atom stereocenters. The first kappa shape index (κ1) is 17.1. The standard InChI is InChI=1S/C16H25NO4S/c1-11-12(2)15(21-5)16(13(3)14(11)20-4)22(18,19)17-9-7-6-8-10-17/h6-10H2,1-5H3. The minimum Gasteiger partial charge on any atom is -0.496 e. The van der Waals surface area contributed by atoms with Crippen LogP contribution in [0.1, 0.15) is 36.0 Å². The second-order valence-electron chi connectivity index (χ2n) is 5.74. The van der Waals surface area contributed by atoms with Crippen LogP contribution in [-0.2, 0) is 10.0 Å². The predicted molar refractivity (Wildman–Crippen MR) is 86.4 cm³/mol. The molecule has 5 nitrogen and oxygen atoms in total. The minimum atomic E-state index is -3.58. The van der Waals surface area contributed by atoms with Crippen LogP contribution in [0.2, 0.25) is 0 Å². The average molecular weight is 327 g/mol. The van der Waals surface area contributed by atoms with Gasteiger partial charge in [0, 0.05) is 18.7 Å². The van der Waals surface area contributed by atoms with Crippen LogP contribution in [0.15, 0.2) is 4.90 Å². The summed E-state index contributed by atoms with van der Waals surface area (Å²) in [4.78, 5) is 0.247. The van der Waals surface area contributed by atoms with Gasteiger partial charge in [0.1, 0.15) is 16.4 Å². The molecule has 1 aliphatic rings. The van der Waals surface area contributed by atoms with E-state index >= 15 is 0 Å². The van der Waals surface area contributed by atoms with Gasteiger partial charge in [-0.3, -0.25) is 0 Å². The molecule has 0 N–H and O–H groups in total. The van der Waals surface area contributed by atoms with Gasteiger partial charge in [-0.25, -0.2) is 8.42 Å². The molecule has 0 aromatic heterocycles. The van der Waals surface area contributed by atoms with E-state index in [0.717, 1.165) is 30.4 Å². The first-order chi connectivity index (χ1) is 10.4. The molecule has 1 fully saturated rings. The number of nitrogens with zero attached hydrogens (tertiary/aromatic N) is 1. The van der Waals surface area contributed by atoms with Crippen molar-refractivity contribution in [3.63, 3.8) is 0 Å². The Balaban J connectivity index is 2.70. The number of hydrogen-bond donors (Lipinski definition) is 0. The summed E-state index contributed by atoms with van der Waals surface area (Å²) in [6.45, 7) is 6.71. The Bertz CT molecular complexity index is 661. The van der Waals surface area contributed by atoms with Crippen molar-refractivity contribution in [3.05, 3.63) is 16.7 Å². The minimum absolute atomic E-state index is 0.247. The summed E-state index contributed by atoms with van der Waals surface area (Å²) in [5.41, 5.74) is 2.34. The third kappa shape index (κ3) is 2.70. The Morgan fingerprint density at radius 2 is 1.32 bits per heavy atom. The SMILES string of the molecule is COc1c(C)c(C)c(OC)c(S(=O)(=O)N2CCCCC2)c1C. The third-order valence-corrected chi connectivity index (χ3v) is 6.50. The number of benzene rings is 1. The Labute approximate surface area is 133 Å².